The minimum absolute atomic E-state index is 0.0389. The van der Waals surface area contributed by atoms with Crippen LogP contribution in [-0.2, 0) is 6.42 Å². The van der Waals surface area contributed by atoms with Crippen LogP contribution in [-0.4, -0.2) is 4.92 Å². The Morgan fingerprint density at radius 3 is 2.70 bits per heavy atom. The predicted molar refractivity (Wildman–Crippen MR) is 74.9 cm³/mol. The molecule has 0 fully saturated rings. The van der Waals surface area contributed by atoms with Crippen molar-refractivity contribution < 1.29 is 9.31 Å². The molecule has 2 rings (SSSR count). The number of rotatable bonds is 4. The summed E-state index contributed by atoms with van der Waals surface area (Å²) in [6.07, 6.45) is 0.293. The van der Waals surface area contributed by atoms with Gasteiger partial charge < -0.3 is 5.73 Å². The first-order valence-electron chi connectivity index (χ1n) is 6.23. The molecule has 0 aliphatic heterocycles. The first-order chi connectivity index (χ1) is 9.49. The molecule has 0 heterocycles. The molecule has 1 atom stereocenters. The van der Waals surface area contributed by atoms with Crippen LogP contribution in [0.5, 0.6) is 0 Å². The summed E-state index contributed by atoms with van der Waals surface area (Å²) in [5.74, 6) is -0.358. The highest BCUT2D eigenvalue weighted by Gasteiger charge is 2.17. The normalized spacial score (nSPS) is 12.2. The minimum Gasteiger partial charge on any atom is -0.324 e. The van der Waals surface area contributed by atoms with Crippen LogP contribution >= 0.6 is 0 Å². The number of benzene rings is 2. The topological polar surface area (TPSA) is 69.2 Å². The summed E-state index contributed by atoms with van der Waals surface area (Å²) < 4.78 is 13.3. The highest BCUT2D eigenvalue weighted by atomic mass is 19.1. The summed E-state index contributed by atoms with van der Waals surface area (Å²) >= 11 is 0. The second-order valence-corrected chi connectivity index (χ2v) is 4.70. The van der Waals surface area contributed by atoms with E-state index < -0.39 is 11.0 Å². The lowest BCUT2D eigenvalue weighted by Gasteiger charge is -2.15. The molecule has 104 valence electrons. The number of nitrogens with zero attached hydrogens (tertiary/aromatic N) is 1. The van der Waals surface area contributed by atoms with E-state index in [4.69, 9.17) is 5.73 Å². The standard InChI is InChI=1S/C15H15FN2O2/c1-10-6-7-12(16)9-13(10)14(17)8-11-4-2-3-5-15(11)18(19)20/h2-7,9,14H,8,17H2,1H3. The Morgan fingerprint density at radius 2 is 2.00 bits per heavy atom. The van der Waals surface area contributed by atoms with Gasteiger partial charge in [0.2, 0.25) is 0 Å². The fourth-order valence-corrected chi connectivity index (χ4v) is 2.22. The first-order valence-corrected chi connectivity index (χ1v) is 6.23. The van der Waals surface area contributed by atoms with Gasteiger partial charge in [-0.15, -0.1) is 0 Å². The third-order valence-corrected chi connectivity index (χ3v) is 3.27. The lowest BCUT2D eigenvalue weighted by Crippen LogP contribution is -2.15. The number of nitrogens with two attached hydrogens (primary N) is 1. The highest BCUT2D eigenvalue weighted by molar-refractivity contribution is 5.41. The Bertz CT molecular complexity index is 644. The van der Waals surface area contributed by atoms with Crippen LogP contribution in [0.3, 0.4) is 0 Å². The molecule has 0 bridgehead atoms. The zero-order valence-corrected chi connectivity index (χ0v) is 11.0. The Morgan fingerprint density at radius 1 is 1.30 bits per heavy atom. The molecule has 2 N–H and O–H groups in total. The molecular formula is C15H15FN2O2. The van der Waals surface area contributed by atoms with Gasteiger partial charge in [0.1, 0.15) is 5.82 Å². The molecule has 0 aliphatic rings. The van der Waals surface area contributed by atoms with Crippen molar-refractivity contribution in [1.29, 1.82) is 0 Å². The molecule has 0 amide bonds. The molecule has 0 saturated carbocycles. The first kappa shape index (κ1) is 14.1. The van der Waals surface area contributed by atoms with Crippen molar-refractivity contribution >= 4 is 5.69 Å². The van der Waals surface area contributed by atoms with E-state index in [1.807, 2.05) is 6.92 Å². The molecule has 2 aromatic rings. The maximum atomic E-state index is 13.3. The van der Waals surface area contributed by atoms with Gasteiger partial charge in [-0.05, 0) is 36.6 Å². The number of para-hydroxylation sites is 1. The summed E-state index contributed by atoms with van der Waals surface area (Å²) in [5, 5.41) is 11.0. The summed E-state index contributed by atoms with van der Waals surface area (Å²) in [6.45, 7) is 1.84. The van der Waals surface area contributed by atoms with Gasteiger partial charge in [-0.1, -0.05) is 24.3 Å². The maximum Gasteiger partial charge on any atom is 0.272 e. The van der Waals surface area contributed by atoms with Gasteiger partial charge in [0, 0.05) is 17.7 Å². The number of nitro groups is 1. The summed E-state index contributed by atoms with van der Waals surface area (Å²) in [6, 6.07) is 10.4. The predicted octanol–water partition coefficient (Wildman–Crippen LogP) is 3.28. The van der Waals surface area contributed by atoms with Crippen molar-refractivity contribution in [2.75, 3.05) is 0 Å². The lowest BCUT2D eigenvalue weighted by molar-refractivity contribution is -0.385. The van der Waals surface area contributed by atoms with Crippen molar-refractivity contribution in [2.24, 2.45) is 5.73 Å². The molecule has 0 spiro atoms. The third kappa shape index (κ3) is 3.00. The van der Waals surface area contributed by atoms with Crippen molar-refractivity contribution in [3.8, 4) is 0 Å². The molecule has 2 aromatic carbocycles. The number of hydrogen-bond acceptors (Lipinski definition) is 3. The van der Waals surface area contributed by atoms with Gasteiger partial charge in [0.05, 0.1) is 4.92 Å². The molecule has 20 heavy (non-hydrogen) atoms. The van der Waals surface area contributed by atoms with Crippen LogP contribution in [0.4, 0.5) is 10.1 Å². The molecule has 5 heteroatoms. The zero-order chi connectivity index (χ0) is 14.7. The van der Waals surface area contributed by atoms with Gasteiger partial charge in [0.25, 0.3) is 5.69 Å². The third-order valence-electron chi connectivity index (χ3n) is 3.27. The Labute approximate surface area is 116 Å². The number of aryl methyl sites for hydroxylation is 1. The Balaban J connectivity index is 2.30. The average molecular weight is 274 g/mol. The van der Waals surface area contributed by atoms with Crippen LogP contribution in [0, 0.1) is 22.9 Å². The van der Waals surface area contributed by atoms with E-state index in [2.05, 4.69) is 0 Å². The summed E-state index contributed by atoms with van der Waals surface area (Å²) in [5.41, 5.74) is 8.21. The van der Waals surface area contributed by atoms with E-state index in [0.717, 1.165) is 5.56 Å². The largest absolute Gasteiger partial charge is 0.324 e. The molecular weight excluding hydrogens is 259 g/mol. The molecule has 1 unspecified atom stereocenters. The van der Waals surface area contributed by atoms with Crippen molar-refractivity contribution in [1.82, 2.24) is 0 Å². The van der Waals surface area contributed by atoms with Gasteiger partial charge in [0.15, 0.2) is 0 Å². The van der Waals surface area contributed by atoms with Crippen molar-refractivity contribution in [2.45, 2.75) is 19.4 Å². The smallest absolute Gasteiger partial charge is 0.272 e. The molecule has 0 aliphatic carbocycles. The monoisotopic (exact) mass is 274 g/mol. The number of nitro benzene ring substituents is 1. The van der Waals surface area contributed by atoms with Gasteiger partial charge in [-0.3, -0.25) is 10.1 Å². The van der Waals surface area contributed by atoms with Crippen LogP contribution < -0.4 is 5.73 Å². The van der Waals surface area contributed by atoms with Crippen molar-refractivity contribution in [3.63, 3.8) is 0 Å². The molecule has 0 aromatic heterocycles. The number of hydrogen-bond donors (Lipinski definition) is 1. The van der Waals surface area contributed by atoms with E-state index >= 15 is 0 Å². The number of halogens is 1. The summed E-state index contributed by atoms with van der Waals surface area (Å²) in [4.78, 5) is 10.5. The van der Waals surface area contributed by atoms with Gasteiger partial charge in [-0.25, -0.2) is 4.39 Å². The van der Waals surface area contributed by atoms with Crippen LogP contribution in [0.1, 0.15) is 22.7 Å². The maximum absolute atomic E-state index is 13.3. The SMILES string of the molecule is Cc1ccc(F)cc1C(N)Cc1ccccc1[N+](=O)[O-]. The van der Waals surface area contributed by atoms with Gasteiger partial charge >= 0.3 is 0 Å². The van der Waals surface area contributed by atoms with E-state index in [1.165, 1.54) is 18.2 Å². The molecule has 4 nitrogen and oxygen atoms in total. The molecule has 0 saturated heterocycles. The molecule has 0 radical (unpaired) electrons. The fourth-order valence-electron chi connectivity index (χ4n) is 2.22. The second kappa shape index (κ2) is 5.79. The van der Waals surface area contributed by atoms with E-state index in [9.17, 15) is 14.5 Å². The zero-order valence-electron chi connectivity index (χ0n) is 11.0. The Hall–Kier alpha value is -2.27. The van der Waals surface area contributed by atoms with Gasteiger partial charge in [-0.2, -0.15) is 0 Å². The summed E-state index contributed by atoms with van der Waals surface area (Å²) in [7, 11) is 0. The fraction of sp³-hybridized carbons (Fsp3) is 0.200. The highest BCUT2D eigenvalue weighted by Crippen LogP contribution is 2.25. The van der Waals surface area contributed by atoms with Crippen LogP contribution in [0.25, 0.3) is 0 Å². The van der Waals surface area contributed by atoms with E-state index in [0.29, 0.717) is 17.5 Å². The lowest BCUT2D eigenvalue weighted by atomic mass is 9.95. The Kier molecular flexibility index (Phi) is 4.10. The van der Waals surface area contributed by atoms with E-state index in [-0.39, 0.29) is 11.5 Å². The van der Waals surface area contributed by atoms with Crippen LogP contribution in [0.15, 0.2) is 42.5 Å². The van der Waals surface area contributed by atoms with Crippen molar-refractivity contribution in [3.05, 3.63) is 75.1 Å². The quantitative estimate of drug-likeness (QED) is 0.687. The second-order valence-electron chi connectivity index (χ2n) is 4.70. The average Bonchev–Trinajstić information content (AvgIpc) is 2.41. The minimum atomic E-state index is -0.480. The van der Waals surface area contributed by atoms with E-state index in [1.54, 1.807) is 24.3 Å². The van der Waals surface area contributed by atoms with Crippen LogP contribution in [0.2, 0.25) is 0 Å².